The topological polar surface area (TPSA) is 57.6 Å². The number of carbonyl (C=O) groups excluding carboxylic acids is 1. The fourth-order valence-corrected chi connectivity index (χ4v) is 2.06. The van der Waals surface area contributed by atoms with Gasteiger partial charge in [0, 0.05) is 6.54 Å². The maximum atomic E-state index is 12.4. The zero-order valence-electron chi connectivity index (χ0n) is 11.2. The van der Waals surface area contributed by atoms with E-state index in [4.69, 9.17) is 5.11 Å². The largest absolute Gasteiger partial charge is 0.480 e. The molecule has 0 atom stereocenters. The normalized spacial score (nSPS) is 11.2. The Labute approximate surface area is 123 Å². The summed E-state index contributed by atoms with van der Waals surface area (Å²) < 4.78 is 37.3. The molecule has 0 bridgehead atoms. The highest BCUT2D eigenvalue weighted by Gasteiger charge is 2.30. The van der Waals surface area contributed by atoms with Gasteiger partial charge in [-0.15, -0.1) is 0 Å². The van der Waals surface area contributed by atoms with Crippen LogP contribution in [0.25, 0.3) is 0 Å². The van der Waals surface area contributed by atoms with E-state index in [2.05, 4.69) is 0 Å². The monoisotopic (exact) mass is 321 g/mol. The maximum Gasteiger partial charge on any atom is 0.416 e. The first kappa shape index (κ1) is 17.4. The van der Waals surface area contributed by atoms with Crippen molar-refractivity contribution in [2.45, 2.75) is 12.7 Å². The van der Waals surface area contributed by atoms with Gasteiger partial charge in [-0.1, -0.05) is 12.1 Å². The molecule has 0 radical (unpaired) electrons. The Bertz CT molecular complexity index is 502. The summed E-state index contributed by atoms with van der Waals surface area (Å²) in [5, 5.41) is 8.78. The molecule has 0 aliphatic rings. The zero-order chi connectivity index (χ0) is 16.0. The Hall–Kier alpha value is -1.70. The second-order valence-electron chi connectivity index (χ2n) is 4.27. The van der Waals surface area contributed by atoms with Crippen molar-refractivity contribution in [2.24, 2.45) is 0 Å². The van der Waals surface area contributed by atoms with Crippen molar-refractivity contribution >= 4 is 23.6 Å². The van der Waals surface area contributed by atoms with E-state index in [1.165, 1.54) is 23.9 Å². The first-order valence-electron chi connectivity index (χ1n) is 5.88. The highest BCUT2D eigenvalue weighted by Crippen LogP contribution is 2.29. The summed E-state index contributed by atoms with van der Waals surface area (Å²) in [4.78, 5) is 23.6. The van der Waals surface area contributed by atoms with Crippen LogP contribution in [0.5, 0.6) is 0 Å². The van der Waals surface area contributed by atoms with Gasteiger partial charge in [-0.3, -0.25) is 9.59 Å². The Morgan fingerprint density at radius 1 is 1.24 bits per heavy atom. The van der Waals surface area contributed by atoms with Crippen molar-refractivity contribution in [2.75, 3.05) is 18.6 Å². The van der Waals surface area contributed by atoms with E-state index in [-0.39, 0.29) is 18.2 Å². The van der Waals surface area contributed by atoms with Gasteiger partial charge in [-0.25, -0.2) is 0 Å². The zero-order valence-corrected chi connectivity index (χ0v) is 12.0. The van der Waals surface area contributed by atoms with Crippen molar-refractivity contribution in [1.29, 1.82) is 0 Å². The highest BCUT2D eigenvalue weighted by molar-refractivity contribution is 7.99. The number of alkyl halides is 3. The van der Waals surface area contributed by atoms with E-state index >= 15 is 0 Å². The van der Waals surface area contributed by atoms with Gasteiger partial charge in [-0.05, 0) is 24.0 Å². The molecule has 1 aromatic carbocycles. The van der Waals surface area contributed by atoms with Crippen molar-refractivity contribution in [1.82, 2.24) is 4.90 Å². The fourth-order valence-electron chi connectivity index (χ4n) is 1.63. The maximum absolute atomic E-state index is 12.4. The molecule has 0 unspecified atom stereocenters. The number of hydrogen-bond donors (Lipinski definition) is 1. The van der Waals surface area contributed by atoms with Gasteiger partial charge in [0.05, 0.1) is 11.3 Å². The van der Waals surface area contributed by atoms with Crippen LogP contribution in [0.3, 0.4) is 0 Å². The molecule has 0 heterocycles. The molecule has 0 aliphatic carbocycles. The number of hydrogen-bond acceptors (Lipinski definition) is 3. The number of carbonyl (C=O) groups is 2. The molecule has 8 heteroatoms. The molecule has 1 amide bonds. The summed E-state index contributed by atoms with van der Waals surface area (Å²) in [6.45, 7) is -0.524. The number of thioether (sulfide) groups is 1. The van der Waals surface area contributed by atoms with E-state index < -0.39 is 24.3 Å². The molecule has 0 spiro atoms. The second kappa shape index (κ2) is 7.35. The van der Waals surface area contributed by atoms with Crippen LogP contribution in [-0.2, 0) is 22.3 Å². The number of rotatable bonds is 6. The Balaban J connectivity index is 2.83. The van der Waals surface area contributed by atoms with E-state index in [1.54, 1.807) is 6.26 Å². The van der Waals surface area contributed by atoms with Gasteiger partial charge >= 0.3 is 12.1 Å². The molecule has 21 heavy (non-hydrogen) atoms. The number of nitrogens with zero attached hydrogens (tertiary/aromatic N) is 1. The van der Waals surface area contributed by atoms with Crippen molar-refractivity contribution in [3.63, 3.8) is 0 Å². The third kappa shape index (κ3) is 5.66. The lowest BCUT2D eigenvalue weighted by atomic mass is 10.1. The number of halogens is 3. The van der Waals surface area contributed by atoms with Gasteiger partial charge in [0.25, 0.3) is 0 Å². The van der Waals surface area contributed by atoms with Crippen molar-refractivity contribution in [3.05, 3.63) is 35.4 Å². The van der Waals surface area contributed by atoms with Crippen LogP contribution in [0, 0.1) is 0 Å². The van der Waals surface area contributed by atoms with Crippen LogP contribution >= 0.6 is 11.8 Å². The summed E-state index contributed by atoms with van der Waals surface area (Å²) in [7, 11) is 0. The minimum absolute atomic E-state index is 0.0379. The smallest absolute Gasteiger partial charge is 0.416 e. The summed E-state index contributed by atoms with van der Waals surface area (Å²) in [5.41, 5.74) is -0.342. The molecule has 0 fully saturated rings. The van der Waals surface area contributed by atoms with Crippen LogP contribution in [0.2, 0.25) is 0 Å². The number of carboxylic acid groups (broad SMARTS) is 1. The number of aliphatic carboxylic acids is 1. The fraction of sp³-hybridized carbons (Fsp3) is 0.385. The van der Waals surface area contributed by atoms with Gasteiger partial charge < -0.3 is 10.0 Å². The molecule has 0 aromatic heterocycles. The minimum Gasteiger partial charge on any atom is -0.480 e. The SMILES string of the molecule is CSCC(=O)N(CC(=O)O)Cc1ccc(C(F)(F)F)cc1. The van der Waals surface area contributed by atoms with E-state index in [0.717, 1.165) is 17.0 Å². The van der Waals surface area contributed by atoms with E-state index in [9.17, 15) is 22.8 Å². The number of amides is 1. The molecule has 0 saturated heterocycles. The van der Waals surface area contributed by atoms with Crippen LogP contribution in [0.1, 0.15) is 11.1 Å². The van der Waals surface area contributed by atoms with Crippen molar-refractivity contribution < 1.29 is 27.9 Å². The molecule has 0 aliphatic heterocycles. The standard InChI is InChI=1S/C13H14F3NO3S/c1-21-8-11(18)17(7-12(19)20)6-9-2-4-10(5-3-9)13(14,15)16/h2-5H,6-8H2,1H3,(H,19,20). The van der Waals surface area contributed by atoms with Gasteiger partial charge in [0.2, 0.25) is 5.91 Å². The lowest BCUT2D eigenvalue weighted by Crippen LogP contribution is -2.36. The first-order valence-corrected chi connectivity index (χ1v) is 7.28. The Morgan fingerprint density at radius 2 is 1.81 bits per heavy atom. The summed E-state index contributed by atoms with van der Waals surface area (Å²) >= 11 is 1.25. The molecule has 116 valence electrons. The van der Waals surface area contributed by atoms with E-state index in [1.807, 2.05) is 0 Å². The first-order chi connectivity index (χ1) is 9.74. The third-order valence-electron chi connectivity index (χ3n) is 2.60. The summed E-state index contributed by atoms with van der Waals surface area (Å²) in [6, 6.07) is 4.30. The van der Waals surface area contributed by atoms with Crippen LogP contribution in [0.15, 0.2) is 24.3 Å². The summed E-state index contributed by atoms with van der Waals surface area (Å²) in [6.07, 6.45) is -2.72. The van der Waals surface area contributed by atoms with Crippen LogP contribution in [-0.4, -0.2) is 40.4 Å². The van der Waals surface area contributed by atoms with Crippen LogP contribution in [0.4, 0.5) is 13.2 Å². The average Bonchev–Trinajstić information content (AvgIpc) is 2.37. The molecule has 4 nitrogen and oxygen atoms in total. The molecule has 1 N–H and O–H groups in total. The predicted octanol–water partition coefficient (Wildman–Crippen LogP) is 2.48. The minimum atomic E-state index is -4.42. The van der Waals surface area contributed by atoms with E-state index in [0.29, 0.717) is 5.56 Å². The Morgan fingerprint density at radius 3 is 2.24 bits per heavy atom. The molecule has 1 aromatic rings. The Kier molecular flexibility index (Phi) is 6.07. The molecular weight excluding hydrogens is 307 g/mol. The lowest BCUT2D eigenvalue weighted by molar-refractivity contribution is -0.143. The molecule has 1 rings (SSSR count). The molecular formula is C13H14F3NO3S. The quantitative estimate of drug-likeness (QED) is 0.874. The molecule has 0 saturated carbocycles. The average molecular weight is 321 g/mol. The number of carboxylic acids is 1. The van der Waals surface area contributed by atoms with Gasteiger partial charge in [-0.2, -0.15) is 24.9 Å². The number of benzene rings is 1. The lowest BCUT2D eigenvalue weighted by Gasteiger charge is -2.20. The highest BCUT2D eigenvalue weighted by atomic mass is 32.2. The summed E-state index contributed by atoms with van der Waals surface area (Å²) in [5.74, 6) is -1.42. The van der Waals surface area contributed by atoms with Crippen LogP contribution < -0.4 is 0 Å². The van der Waals surface area contributed by atoms with Crippen molar-refractivity contribution in [3.8, 4) is 0 Å². The predicted molar refractivity (Wildman–Crippen MR) is 72.9 cm³/mol. The van der Waals surface area contributed by atoms with Gasteiger partial charge in [0.15, 0.2) is 0 Å². The second-order valence-corrected chi connectivity index (χ2v) is 5.14. The van der Waals surface area contributed by atoms with Gasteiger partial charge in [0.1, 0.15) is 6.54 Å². The third-order valence-corrected chi connectivity index (χ3v) is 3.14.